The summed E-state index contributed by atoms with van der Waals surface area (Å²) in [5.41, 5.74) is 3.05. The average Bonchev–Trinajstić information content (AvgIpc) is 2.89. The summed E-state index contributed by atoms with van der Waals surface area (Å²) in [7, 11) is 3.64. The zero-order valence-electron chi connectivity index (χ0n) is 13.1. The van der Waals surface area contributed by atoms with Crippen molar-refractivity contribution in [3.63, 3.8) is 0 Å². The van der Waals surface area contributed by atoms with Gasteiger partial charge in [-0.15, -0.1) is 0 Å². The number of pyridine rings is 1. The Balaban J connectivity index is 1.64. The van der Waals surface area contributed by atoms with E-state index in [1.54, 1.807) is 13.2 Å². The number of nitrogens with one attached hydrogen (secondary N) is 1. The highest BCUT2D eigenvalue weighted by Gasteiger charge is 2.11. The Hall–Kier alpha value is -2.80. The lowest BCUT2D eigenvalue weighted by Crippen LogP contribution is -2.30. The van der Waals surface area contributed by atoms with E-state index in [-0.39, 0.29) is 12.5 Å². The number of carbonyl (C=O) groups excluding carboxylic acids is 1. The maximum absolute atomic E-state index is 12.2. The molecule has 1 N–H and O–H groups in total. The van der Waals surface area contributed by atoms with E-state index in [1.807, 2.05) is 48.3 Å². The molecule has 0 aliphatic carbocycles. The molecule has 1 aromatic carbocycles. The Morgan fingerprint density at radius 1 is 1.22 bits per heavy atom. The second kappa shape index (κ2) is 6.53. The molecule has 2 heterocycles. The Kier molecular flexibility index (Phi) is 4.29. The number of aromatic nitrogens is 4. The number of hydrogen-bond donors (Lipinski definition) is 1. The largest absolute Gasteiger partial charge is 0.323 e. The van der Waals surface area contributed by atoms with Crippen LogP contribution in [0.4, 0.5) is 5.69 Å². The first-order chi connectivity index (χ1) is 11.1. The predicted molar refractivity (Wildman–Crippen MR) is 87.7 cm³/mol. The molecular weight excluding hydrogens is 292 g/mol. The van der Waals surface area contributed by atoms with Crippen LogP contribution in [-0.4, -0.2) is 44.4 Å². The maximum atomic E-state index is 12.2. The molecule has 3 rings (SSSR count). The minimum atomic E-state index is -0.0958. The SMILES string of the molecule is CN(CC(=O)Nc1cccc2nn(C)nc12)Cc1ccccn1. The lowest BCUT2D eigenvalue weighted by atomic mass is 10.2. The van der Waals surface area contributed by atoms with Crippen LogP contribution >= 0.6 is 0 Å². The first kappa shape index (κ1) is 15.1. The Labute approximate surface area is 133 Å². The van der Waals surface area contributed by atoms with E-state index in [1.165, 1.54) is 4.80 Å². The zero-order chi connectivity index (χ0) is 16.2. The molecule has 0 atom stereocenters. The lowest BCUT2D eigenvalue weighted by molar-refractivity contribution is -0.117. The highest BCUT2D eigenvalue weighted by Crippen LogP contribution is 2.19. The third kappa shape index (κ3) is 3.70. The molecule has 0 unspecified atom stereocenters. The van der Waals surface area contributed by atoms with Gasteiger partial charge >= 0.3 is 0 Å². The molecular formula is C16H18N6O. The highest BCUT2D eigenvalue weighted by molar-refractivity contribution is 5.99. The highest BCUT2D eigenvalue weighted by atomic mass is 16.2. The normalized spacial score (nSPS) is 11.1. The summed E-state index contributed by atoms with van der Waals surface area (Å²) in [4.78, 5) is 19.9. The summed E-state index contributed by atoms with van der Waals surface area (Å²) in [5, 5.41) is 11.4. The van der Waals surface area contributed by atoms with E-state index >= 15 is 0 Å². The fourth-order valence-corrected chi connectivity index (χ4v) is 2.40. The second-order valence-corrected chi connectivity index (χ2v) is 5.40. The van der Waals surface area contributed by atoms with Crippen LogP contribution in [0.2, 0.25) is 0 Å². The minimum Gasteiger partial charge on any atom is -0.323 e. The van der Waals surface area contributed by atoms with Gasteiger partial charge in [0.25, 0.3) is 0 Å². The molecule has 0 aliphatic heterocycles. The van der Waals surface area contributed by atoms with E-state index in [0.717, 1.165) is 11.2 Å². The molecule has 7 nitrogen and oxygen atoms in total. The van der Waals surface area contributed by atoms with Crippen molar-refractivity contribution in [2.24, 2.45) is 7.05 Å². The number of benzene rings is 1. The molecule has 0 saturated carbocycles. The van der Waals surface area contributed by atoms with Gasteiger partial charge in [0.05, 0.1) is 17.9 Å². The minimum absolute atomic E-state index is 0.0958. The standard InChI is InChI=1S/C16H18N6O/c1-21(10-12-6-3-4-9-17-12)11-15(23)18-13-7-5-8-14-16(13)20-22(2)19-14/h3-9H,10-11H2,1-2H3,(H,18,23). The van der Waals surface area contributed by atoms with Crippen molar-refractivity contribution in [2.45, 2.75) is 6.54 Å². The van der Waals surface area contributed by atoms with Crippen LogP contribution in [0.1, 0.15) is 5.69 Å². The first-order valence-electron chi connectivity index (χ1n) is 7.30. The fraction of sp³-hybridized carbons (Fsp3) is 0.250. The molecule has 7 heteroatoms. The monoisotopic (exact) mass is 310 g/mol. The number of amides is 1. The molecule has 1 amide bonds. The number of aryl methyl sites for hydroxylation is 1. The molecule has 0 spiro atoms. The van der Waals surface area contributed by atoms with Crippen LogP contribution in [0, 0.1) is 0 Å². The molecule has 0 aliphatic rings. The van der Waals surface area contributed by atoms with Crippen LogP contribution in [0.3, 0.4) is 0 Å². The van der Waals surface area contributed by atoms with Crippen molar-refractivity contribution in [1.29, 1.82) is 0 Å². The molecule has 118 valence electrons. The number of fused-ring (bicyclic) bond motifs is 1. The van der Waals surface area contributed by atoms with Crippen molar-refractivity contribution in [3.8, 4) is 0 Å². The molecule has 0 saturated heterocycles. The van der Waals surface area contributed by atoms with E-state index in [4.69, 9.17) is 0 Å². The van der Waals surface area contributed by atoms with E-state index in [9.17, 15) is 4.79 Å². The van der Waals surface area contributed by atoms with E-state index in [2.05, 4.69) is 20.5 Å². The summed E-state index contributed by atoms with van der Waals surface area (Å²) < 4.78 is 0. The lowest BCUT2D eigenvalue weighted by Gasteiger charge is -2.15. The summed E-state index contributed by atoms with van der Waals surface area (Å²) in [6.07, 6.45) is 1.75. The van der Waals surface area contributed by atoms with Crippen LogP contribution < -0.4 is 5.32 Å². The number of rotatable bonds is 5. The maximum Gasteiger partial charge on any atom is 0.238 e. The number of nitrogens with zero attached hydrogens (tertiary/aromatic N) is 5. The van der Waals surface area contributed by atoms with Crippen molar-refractivity contribution in [3.05, 3.63) is 48.3 Å². The number of hydrogen-bond acceptors (Lipinski definition) is 5. The van der Waals surface area contributed by atoms with Crippen molar-refractivity contribution in [2.75, 3.05) is 18.9 Å². The number of anilines is 1. The molecule has 2 aromatic heterocycles. The quantitative estimate of drug-likeness (QED) is 0.771. The third-order valence-electron chi connectivity index (χ3n) is 3.36. The fourth-order valence-electron chi connectivity index (χ4n) is 2.40. The van der Waals surface area contributed by atoms with Gasteiger partial charge in [0.15, 0.2) is 0 Å². The Morgan fingerprint density at radius 3 is 2.87 bits per heavy atom. The third-order valence-corrected chi connectivity index (χ3v) is 3.36. The van der Waals surface area contributed by atoms with E-state index in [0.29, 0.717) is 17.7 Å². The van der Waals surface area contributed by atoms with Gasteiger partial charge in [0, 0.05) is 19.8 Å². The van der Waals surface area contributed by atoms with Gasteiger partial charge in [-0.2, -0.15) is 15.0 Å². The van der Waals surface area contributed by atoms with E-state index < -0.39 is 0 Å². The predicted octanol–water partition coefficient (Wildman–Crippen LogP) is 1.43. The van der Waals surface area contributed by atoms with Gasteiger partial charge in [-0.1, -0.05) is 12.1 Å². The van der Waals surface area contributed by atoms with Crippen LogP contribution in [0.25, 0.3) is 11.0 Å². The summed E-state index contributed by atoms with van der Waals surface area (Å²) >= 11 is 0. The number of likely N-dealkylation sites (N-methyl/N-ethyl adjacent to an activating group) is 1. The molecule has 0 bridgehead atoms. The van der Waals surface area contributed by atoms with Crippen molar-refractivity contribution in [1.82, 2.24) is 24.9 Å². The van der Waals surface area contributed by atoms with Crippen LogP contribution in [-0.2, 0) is 18.4 Å². The van der Waals surface area contributed by atoms with Gasteiger partial charge in [0.2, 0.25) is 5.91 Å². The van der Waals surface area contributed by atoms with Gasteiger partial charge in [-0.25, -0.2) is 0 Å². The van der Waals surface area contributed by atoms with Gasteiger partial charge in [-0.05, 0) is 31.3 Å². The molecule has 23 heavy (non-hydrogen) atoms. The van der Waals surface area contributed by atoms with Gasteiger partial charge < -0.3 is 5.32 Å². The summed E-state index contributed by atoms with van der Waals surface area (Å²) in [6.45, 7) is 0.886. The molecule has 0 fully saturated rings. The smallest absolute Gasteiger partial charge is 0.238 e. The van der Waals surface area contributed by atoms with Gasteiger partial charge in [-0.3, -0.25) is 14.7 Å². The molecule has 3 aromatic rings. The average molecular weight is 310 g/mol. The Bertz CT molecular complexity index is 814. The first-order valence-corrected chi connectivity index (χ1v) is 7.30. The van der Waals surface area contributed by atoms with Crippen LogP contribution in [0.15, 0.2) is 42.6 Å². The van der Waals surface area contributed by atoms with Gasteiger partial charge in [0.1, 0.15) is 11.0 Å². The Morgan fingerprint density at radius 2 is 2.09 bits per heavy atom. The summed E-state index contributed by atoms with van der Waals surface area (Å²) in [6, 6.07) is 11.3. The summed E-state index contributed by atoms with van der Waals surface area (Å²) in [5.74, 6) is -0.0958. The number of carbonyl (C=O) groups is 1. The second-order valence-electron chi connectivity index (χ2n) is 5.40. The zero-order valence-corrected chi connectivity index (χ0v) is 13.1. The van der Waals surface area contributed by atoms with Crippen LogP contribution in [0.5, 0.6) is 0 Å². The topological polar surface area (TPSA) is 75.9 Å². The molecule has 0 radical (unpaired) electrons. The van der Waals surface area contributed by atoms with Crippen molar-refractivity contribution >= 4 is 22.6 Å². The van der Waals surface area contributed by atoms with Crippen molar-refractivity contribution < 1.29 is 4.79 Å².